The number of aromatic nitrogens is 1. The number of carbonyl (C=O) groups is 1. The Bertz CT molecular complexity index is 430. The van der Waals surface area contributed by atoms with Gasteiger partial charge in [-0.25, -0.2) is 0 Å². The molecule has 0 amide bonds. The van der Waals surface area contributed by atoms with Crippen molar-refractivity contribution in [2.45, 2.75) is 46.6 Å². The molecule has 17 heavy (non-hydrogen) atoms. The molecule has 0 fully saturated rings. The van der Waals surface area contributed by atoms with E-state index < -0.39 is 0 Å². The summed E-state index contributed by atoms with van der Waals surface area (Å²) in [5.41, 5.74) is 0.747. The Kier molecular flexibility index (Phi) is 5.13. The normalized spacial score (nSPS) is 12.5. The molecule has 0 aliphatic rings. The summed E-state index contributed by atoms with van der Waals surface area (Å²) in [5, 5.41) is 0. The fourth-order valence-electron chi connectivity index (χ4n) is 1.55. The summed E-state index contributed by atoms with van der Waals surface area (Å²) >= 11 is 0. The Morgan fingerprint density at radius 2 is 2.00 bits per heavy atom. The van der Waals surface area contributed by atoms with Crippen molar-refractivity contribution < 1.29 is 4.79 Å². The van der Waals surface area contributed by atoms with Crippen molar-refractivity contribution in [3.63, 3.8) is 0 Å². The van der Waals surface area contributed by atoms with Crippen LogP contribution in [0.25, 0.3) is 0 Å². The third-order valence-corrected chi connectivity index (χ3v) is 2.43. The van der Waals surface area contributed by atoms with E-state index in [9.17, 15) is 4.79 Å². The van der Waals surface area contributed by atoms with Gasteiger partial charge in [0.15, 0.2) is 0 Å². The van der Waals surface area contributed by atoms with Crippen LogP contribution in [0, 0.1) is 5.92 Å². The lowest BCUT2D eigenvalue weighted by molar-refractivity contribution is 0.0889. The van der Waals surface area contributed by atoms with Crippen LogP contribution >= 0.6 is 0 Å². The first kappa shape index (κ1) is 13.7. The fraction of sp³-hybridized carbons (Fsp3) is 0.571. The highest BCUT2D eigenvalue weighted by atomic mass is 16.2. The zero-order chi connectivity index (χ0) is 12.8. The monoisotopic (exact) mass is 234 g/mol. The minimum Gasteiger partial charge on any atom is -0.274 e. The van der Waals surface area contributed by atoms with E-state index in [1.165, 1.54) is 0 Å². The maximum Gasteiger partial charge on any atom is 0.232 e. The van der Waals surface area contributed by atoms with E-state index in [-0.39, 0.29) is 11.9 Å². The second kappa shape index (κ2) is 6.38. The number of nitrogens with zero attached hydrogens (tertiary/aromatic N) is 2. The lowest BCUT2D eigenvalue weighted by Gasteiger charge is -2.08. The third-order valence-electron chi connectivity index (χ3n) is 2.43. The molecule has 1 rings (SSSR count). The number of hydrogen-bond acceptors (Lipinski definition) is 2. The van der Waals surface area contributed by atoms with Crippen LogP contribution in [-0.2, 0) is 0 Å². The molecule has 0 atom stereocenters. The van der Waals surface area contributed by atoms with E-state index >= 15 is 0 Å². The topological polar surface area (TPSA) is 34.4 Å². The zero-order valence-electron chi connectivity index (χ0n) is 11.2. The smallest absolute Gasteiger partial charge is 0.232 e. The Morgan fingerprint density at radius 1 is 1.29 bits per heavy atom. The molecule has 0 aromatic carbocycles. The molecule has 1 heterocycles. The number of carbonyl (C=O) groups excluding carboxylic acids is 1. The molecule has 0 aliphatic carbocycles. The quantitative estimate of drug-likeness (QED) is 0.788. The summed E-state index contributed by atoms with van der Waals surface area (Å²) in [6.07, 6.45) is 3.29. The van der Waals surface area contributed by atoms with Gasteiger partial charge in [-0.15, -0.1) is 0 Å². The highest BCUT2D eigenvalue weighted by Crippen LogP contribution is 2.04. The molecule has 3 nitrogen and oxygen atoms in total. The molecule has 1 aromatic heterocycles. The number of hydrogen-bond donors (Lipinski definition) is 0. The van der Waals surface area contributed by atoms with Gasteiger partial charge >= 0.3 is 0 Å². The Balaban J connectivity index is 2.94. The van der Waals surface area contributed by atoms with Crippen LogP contribution in [0.15, 0.2) is 29.4 Å². The van der Waals surface area contributed by atoms with Crippen molar-refractivity contribution in [1.82, 2.24) is 4.57 Å². The van der Waals surface area contributed by atoms with Gasteiger partial charge in [0.25, 0.3) is 0 Å². The standard InChI is InChI=1S/C14H22N2O/c1-11(2)8-9-14(17)16-10-6-5-7-13(16)15-12(3)4/h5-7,10-12H,8-9H2,1-4H3. The van der Waals surface area contributed by atoms with E-state index in [4.69, 9.17) is 0 Å². The first-order chi connectivity index (χ1) is 8.00. The van der Waals surface area contributed by atoms with Crippen LogP contribution < -0.4 is 5.49 Å². The van der Waals surface area contributed by atoms with E-state index in [0.717, 1.165) is 11.9 Å². The van der Waals surface area contributed by atoms with Crippen LogP contribution in [0.4, 0.5) is 0 Å². The van der Waals surface area contributed by atoms with Crippen molar-refractivity contribution in [2.75, 3.05) is 0 Å². The minimum absolute atomic E-state index is 0.124. The highest BCUT2D eigenvalue weighted by Gasteiger charge is 2.06. The zero-order valence-corrected chi connectivity index (χ0v) is 11.2. The van der Waals surface area contributed by atoms with Crippen LogP contribution in [0.5, 0.6) is 0 Å². The van der Waals surface area contributed by atoms with E-state index in [2.05, 4.69) is 18.8 Å². The van der Waals surface area contributed by atoms with Crippen molar-refractivity contribution >= 4 is 5.91 Å². The summed E-state index contributed by atoms with van der Waals surface area (Å²) in [4.78, 5) is 16.5. The van der Waals surface area contributed by atoms with Gasteiger partial charge in [-0.1, -0.05) is 19.9 Å². The van der Waals surface area contributed by atoms with E-state index in [0.29, 0.717) is 12.3 Å². The van der Waals surface area contributed by atoms with Crippen molar-refractivity contribution in [2.24, 2.45) is 10.9 Å². The van der Waals surface area contributed by atoms with Gasteiger partial charge in [-0.3, -0.25) is 14.4 Å². The Labute approximate surface area is 103 Å². The lowest BCUT2D eigenvalue weighted by atomic mass is 10.1. The average molecular weight is 234 g/mol. The molecule has 94 valence electrons. The molecule has 0 saturated heterocycles. The molecule has 0 bridgehead atoms. The molecule has 0 saturated carbocycles. The molecule has 0 aliphatic heterocycles. The third kappa shape index (κ3) is 4.55. The average Bonchev–Trinajstić information content (AvgIpc) is 2.25. The second-order valence-electron chi connectivity index (χ2n) is 4.98. The van der Waals surface area contributed by atoms with E-state index in [1.54, 1.807) is 10.8 Å². The lowest BCUT2D eigenvalue weighted by Crippen LogP contribution is -2.27. The highest BCUT2D eigenvalue weighted by molar-refractivity contribution is 5.78. The summed E-state index contributed by atoms with van der Waals surface area (Å²) in [6, 6.07) is 5.86. The molecule has 0 N–H and O–H groups in total. The molecular formula is C14H22N2O. The summed E-state index contributed by atoms with van der Waals surface area (Å²) in [6.45, 7) is 8.27. The van der Waals surface area contributed by atoms with Crippen molar-refractivity contribution in [3.05, 3.63) is 29.9 Å². The van der Waals surface area contributed by atoms with Crippen LogP contribution in [-0.4, -0.2) is 16.5 Å². The van der Waals surface area contributed by atoms with Gasteiger partial charge in [0.1, 0.15) is 5.49 Å². The maximum absolute atomic E-state index is 12.1. The van der Waals surface area contributed by atoms with Gasteiger partial charge in [0.2, 0.25) is 5.91 Å². The Hall–Kier alpha value is -1.38. The summed E-state index contributed by atoms with van der Waals surface area (Å²) in [7, 11) is 0. The first-order valence-corrected chi connectivity index (χ1v) is 6.25. The second-order valence-corrected chi connectivity index (χ2v) is 4.98. The largest absolute Gasteiger partial charge is 0.274 e. The SMILES string of the molecule is CC(C)CCC(=O)n1ccccc1=NC(C)C. The molecule has 0 spiro atoms. The Morgan fingerprint density at radius 3 is 2.59 bits per heavy atom. The summed E-state index contributed by atoms with van der Waals surface area (Å²) in [5.74, 6) is 0.674. The molecule has 0 radical (unpaired) electrons. The number of rotatable bonds is 4. The molecule has 3 heteroatoms. The van der Waals surface area contributed by atoms with Crippen LogP contribution in [0.2, 0.25) is 0 Å². The summed E-state index contributed by atoms with van der Waals surface area (Å²) < 4.78 is 1.66. The van der Waals surface area contributed by atoms with Crippen LogP contribution in [0.1, 0.15) is 45.3 Å². The predicted octanol–water partition coefficient (Wildman–Crippen LogP) is 2.87. The minimum atomic E-state index is 0.124. The van der Waals surface area contributed by atoms with Gasteiger partial charge < -0.3 is 0 Å². The predicted molar refractivity (Wildman–Crippen MR) is 69.8 cm³/mol. The van der Waals surface area contributed by atoms with Crippen molar-refractivity contribution in [1.29, 1.82) is 0 Å². The first-order valence-electron chi connectivity index (χ1n) is 6.25. The molecule has 1 aromatic rings. The maximum atomic E-state index is 12.1. The molecular weight excluding hydrogens is 212 g/mol. The van der Waals surface area contributed by atoms with Gasteiger partial charge in [-0.2, -0.15) is 0 Å². The van der Waals surface area contributed by atoms with Gasteiger partial charge in [0.05, 0.1) is 0 Å². The van der Waals surface area contributed by atoms with Crippen molar-refractivity contribution in [3.8, 4) is 0 Å². The van der Waals surface area contributed by atoms with E-state index in [1.807, 2.05) is 32.0 Å². The van der Waals surface area contributed by atoms with Gasteiger partial charge in [-0.05, 0) is 38.3 Å². The fourth-order valence-corrected chi connectivity index (χ4v) is 1.55. The molecule has 0 unspecified atom stereocenters. The number of pyridine rings is 1. The van der Waals surface area contributed by atoms with Gasteiger partial charge in [0, 0.05) is 18.7 Å². The van der Waals surface area contributed by atoms with Crippen LogP contribution in [0.3, 0.4) is 0 Å².